The highest BCUT2D eigenvalue weighted by Gasteiger charge is 2.37. The largest absolute Gasteiger partial charge is 0.453 e. The first-order valence-corrected chi connectivity index (χ1v) is 20.9. The van der Waals surface area contributed by atoms with Crippen molar-refractivity contribution in [2.75, 3.05) is 34.4 Å². The number of carbonyl (C=O) groups excluding carboxylic acids is 4. The molecule has 0 spiro atoms. The average Bonchev–Trinajstić information content (AvgIpc) is 4.11. The standard InChI is InChI=1S/C38H43N9O3.C7H13NO3/c1-21(2)34(44-38(49)50-5)37(48)46-15-7-9-32(46)36-40-19-28(43-36)23-11-13-30-25(16-23)18-33-26-12-10-24(17-27(26)41-22(3)47(30)33)29-20-39-35(42-29)31-8-6-14-45(31)4;1-5(2)6(4-9)8-7(10)11-3/h10-13,16-21,31-32,34H,6-9,14-15H2,1-5H3,(H,39,42)(H,40,43)(H,44,49);4-6H,1-3H3,(H,8,10)/t31-,32+,34?;/m1./s1. The van der Waals surface area contributed by atoms with E-state index in [9.17, 15) is 19.2 Å². The number of benzene rings is 2. The molecule has 2 aliphatic heterocycles. The monoisotopic (exact) mass is 832 g/mol. The summed E-state index contributed by atoms with van der Waals surface area (Å²) in [5.41, 5.74) is 7.11. The summed E-state index contributed by atoms with van der Waals surface area (Å²) >= 11 is 0. The minimum atomic E-state index is -0.674. The third-order valence-corrected chi connectivity index (χ3v) is 11.9. The second kappa shape index (κ2) is 18.1. The minimum Gasteiger partial charge on any atom is -0.453 e. The van der Waals surface area contributed by atoms with E-state index in [1.54, 1.807) is 0 Å². The van der Waals surface area contributed by atoms with Crippen LogP contribution in [0.4, 0.5) is 9.59 Å². The van der Waals surface area contributed by atoms with Crippen molar-refractivity contribution in [1.82, 2.24) is 49.8 Å². The molecule has 16 nitrogen and oxygen atoms in total. The smallest absolute Gasteiger partial charge is 0.407 e. The van der Waals surface area contributed by atoms with Gasteiger partial charge in [-0.3, -0.25) is 14.1 Å². The molecule has 16 heteroatoms. The van der Waals surface area contributed by atoms with E-state index in [1.807, 2.05) is 45.0 Å². The lowest BCUT2D eigenvalue weighted by Gasteiger charge is -2.30. The molecule has 2 saturated heterocycles. The molecule has 2 aliphatic rings. The van der Waals surface area contributed by atoms with Gasteiger partial charge in [-0.15, -0.1) is 0 Å². The fraction of sp³-hybridized carbons (Fsp3) is 0.444. The van der Waals surface area contributed by atoms with Crippen molar-refractivity contribution < 1.29 is 28.7 Å². The summed E-state index contributed by atoms with van der Waals surface area (Å²) in [6.45, 7) is 11.3. The molecule has 3 amide bonds. The van der Waals surface area contributed by atoms with E-state index in [1.165, 1.54) is 20.6 Å². The Hall–Kier alpha value is -6.29. The maximum Gasteiger partial charge on any atom is 0.407 e. The number of H-pyrrole nitrogens is 2. The average molecular weight is 833 g/mol. The lowest BCUT2D eigenvalue weighted by atomic mass is 10.0. The van der Waals surface area contributed by atoms with Gasteiger partial charge in [0.15, 0.2) is 0 Å². The molecule has 6 aromatic rings. The Morgan fingerprint density at radius 3 is 2.05 bits per heavy atom. The number of alkyl carbamates (subject to hydrolysis) is 2. The van der Waals surface area contributed by atoms with Gasteiger partial charge in [0.25, 0.3) is 0 Å². The number of nitrogens with zero attached hydrogens (tertiary/aromatic N) is 6. The molecule has 6 heterocycles. The summed E-state index contributed by atoms with van der Waals surface area (Å²) in [6.07, 6.45) is 7.28. The Morgan fingerprint density at radius 2 is 1.43 bits per heavy atom. The van der Waals surface area contributed by atoms with Gasteiger partial charge in [-0.05, 0) is 82.3 Å². The van der Waals surface area contributed by atoms with Crippen LogP contribution in [0.3, 0.4) is 0 Å². The number of carbonyl (C=O) groups is 4. The summed E-state index contributed by atoms with van der Waals surface area (Å²) in [5.74, 6) is 2.57. The number of ether oxygens (including phenoxy) is 2. The molecule has 0 aliphatic carbocycles. The zero-order chi connectivity index (χ0) is 43.5. The number of aryl methyl sites for hydroxylation is 1. The SMILES string of the molecule is COC(=O)NC(C(=O)N1CCC[C@H]1c1ncc(-c2ccc3c(c2)cc2c4ccc(-c5cnc([C@H]6CCCN6C)[nH]5)cc4nc(C)n32)[nH]1)C(C)C.COC(=O)NC(C=O)C(C)C. The molecule has 0 saturated carbocycles. The zero-order valence-corrected chi connectivity index (χ0v) is 36.1. The summed E-state index contributed by atoms with van der Waals surface area (Å²) in [7, 11) is 4.73. The topological polar surface area (TPSA) is 192 Å². The van der Waals surface area contributed by atoms with Crippen LogP contribution in [0.2, 0.25) is 0 Å². The molecule has 4 N–H and O–H groups in total. The summed E-state index contributed by atoms with van der Waals surface area (Å²) < 4.78 is 11.3. The number of imidazole rings is 2. The van der Waals surface area contributed by atoms with Crippen molar-refractivity contribution >= 4 is 51.7 Å². The number of fused-ring (bicyclic) bond motifs is 5. The number of hydrogen-bond donors (Lipinski definition) is 4. The number of likely N-dealkylation sites (tertiary alicyclic amines) is 2. The second-order valence-electron chi connectivity index (χ2n) is 16.6. The van der Waals surface area contributed by atoms with E-state index < -0.39 is 24.3 Å². The van der Waals surface area contributed by atoms with Crippen molar-refractivity contribution in [3.05, 3.63) is 72.3 Å². The first kappa shape index (κ1) is 42.8. The Kier molecular flexibility index (Phi) is 12.7. The van der Waals surface area contributed by atoms with Gasteiger partial charge in [-0.2, -0.15) is 0 Å². The van der Waals surface area contributed by atoms with Crippen LogP contribution < -0.4 is 10.6 Å². The van der Waals surface area contributed by atoms with Crippen LogP contribution >= 0.6 is 0 Å². The van der Waals surface area contributed by atoms with Gasteiger partial charge in [-0.1, -0.05) is 45.9 Å². The number of nitrogens with one attached hydrogen (secondary N) is 4. The molecule has 322 valence electrons. The summed E-state index contributed by atoms with van der Waals surface area (Å²) in [4.78, 5) is 72.3. The van der Waals surface area contributed by atoms with E-state index in [0.717, 1.165) is 93.1 Å². The highest BCUT2D eigenvalue weighted by atomic mass is 16.5. The Bertz CT molecular complexity index is 2560. The third kappa shape index (κ3) is 8.81. The quantitative estimate of drug-likeness (QED) is 0.104. The van der Waals surface area contributed by atoms with Gasteiger partial charge in [0, 0.05) is 28.4 Å². The van der Waals surface area contributed by atoms with Gasteiger partial charge in [0.2, 0.25) is 5.91 Å². The molecule has 0 radical (unpaired) electrons. The number of aromatic nitrogens is 6. The fourth-order valence-corrected chi connectivity index (χ4v) is 8.47. The number of hydrogen-bond acceptors (Lipinski definition) is 10. The number of amides is 3. The number of rotatable bonds is 10. The van der Waals surface area contributed by atoms with E-state index in [-0.39, 0.29) is 23.8 Å². The van der Waals surface area contributed by atoms with Crippen LogP contribution in [0.15, 0.2) is 54.9 Å². The van der Waals surface area contributed by atoms with Crippen molar-refractivity contribution in [3.63, 3.8) is 0 Å². The number of methoxy groups -OCH3 is 2. The van der Waals surface area contributed by atoms with Crippen LogP contribution in [-0.4, -0.2) is 110 Å². The first-order chi connectivity index (χ1) is 29.3. The molecule has 61 heavy (non-hydrogen) atoms. The summed E-state index contributed by atoms with van der Waals surface area (Å²) in [5, 5.41) is 7.29. The predicted molar refractivity (Wildman–Crippen MR) is 233 cm³/mol. The van der Waals surface area contributed by atoms with Crippen molar-refractivity contribution in [2.24, 2.45) is 11.8 Å². The lowest BCUT2D eigenvalue weighted by molar-refractivity contribution is -0.135. The van der Waals surface area contributed by atoms with E-state index in [2.05, 4.69) is 91.1 Å². The first-order valence-electron chi connectivity index (χ1n) is 20.9. The molecule has 2 aromatic carbocycles. The lowest BCUT2D eigenvalue weighted by Crippen LogP contribution is -2.51. The zero-order valence-electron chi connectivity index (χ0n) is 36.1. The van der Waals surface area contributed by atoms with Crippen LogP contribution in [0.1, 0.15) is 82.9 Å². The van der Waals surface area contributed by atoms with Gasteiger partial charge in [0.1, 0.15) is 29.8 Å². The van der Waals surface area contributed by atoms with Crippen molar-refractivity contribution in [3.8, 4) is 22.5 Å². The maximum absolute atomic E-state index is 13.6. The van der Waals surface area contributed by atoms with Crippen LogP contribution in [0, 0.1) is 18.8 Å². The van der Waals surface area contributed by atoms with Crippen molar-refractivity contribution in [2.45, 2.75) is 84.5 Å². The van der Waals surface area contributed by atoms with Gasteiger partial charge in [0.05, 0.1) is 72.7 Å². The van der Waals surface area contributed by atoms with Gasteiger partial charge >= 0.3 is 12.2 Å². The predicted octanol–water partition coefficient (Wildman–Crippen LogP) is 7.11. The molecule has 8 rings (SSSR count). The summed E-state index contributed by atoms with van der Waals surface area (Å²) in [6, 6.07) is 14.1. The minimum absolute atomic E-state index is 0.0894. The van der Waals surface area contributed by atoms with Crippen LogP contribution in [0.25, 0.3) is 49.8 Å². The van der Waals surface area contributed by atoms with Gasteiger partial charge in [-0.25, -0.2) is 24.5 Å². The molecule has 2 unspecified atom stereocenters. The second-order valence-corrected chi connectivity index (χ2v) is 16.6. The number of aldehydes is 1. The van der Waals surface area contributed by atoms with E-state index in [4.69, 9.17) is 19.7 Å². The van der Waals surface area contributed by atoms with Crippen LogP contribution in [0.5, 0.6) is 0 Å². The molecule has 2 fully saturated rings. The molecular formula is C45H56N10O6. The van der Waals surface area contributed by atoms with Crippen LogP contribution in [-0.2, 0) is 19.1 Å². The highest BCUT2D eigenvalue weighted by Crippen LogP contribution is 2.36. The maximum atomic E-state index is 13.6. The Labute approximate surface area is 354 Å². The Balaban J connectivity index is 0.000000451. The Morgan fingerprint density at radius 1 is 0.803 bits per heavy atom. The van der Waals surface area contributed by atoms with Gasteiger partial charge < -0.3 is 39.8 Å². The molecule has 4 atom stereocenters. The number of aromatic amines is 2. The highest BCUT2D eigenvalue weighted by molar-refractivity contribution is 6.02. The normalized spacial score (nSPS) is 17.8. The van der Waals surface area contributed by atoms with E-state index >= 15 is 0 Å². The van der Waals surface area contributed by atoms with E-state index in [0.29, 0.717) is 18.9 Å². The molecule has 4 aromatic heterocycles. The third-order valence-electron chi connectivity index (χ3n) is 11.9. The fourth-order valence-electron chi connectivity index (χ4n) is 8.47. The molecule has 0 bridgehead atoms. The molecular weight excluding hydrogens is 777 g/mol. The van der Waals surface area contributed by atoms with Crippen molar-refractivity contribution in [1.29, 1.82) is 0 Å².